The van der Waals surface area contributed by atoms with Crippen LogP contribution in [0.25, 0.3) is 0 Å². The number of hydrogen-bond acceptors (Lipinski definition) is 3. The van der Waals surface area contributed by atoms with Crippen molar-refractivity contribution in [2.24, 2.45) is 0 Å². The van der Waals surface area contributed by atoms with Crippen LogP contribution in [-0.4, -0.2) is 28.2 Å². The third kappa shape index (κ3) is 2.70. The van der Waals surface area contributed by atoms with E-state index in [2.05, 4.69) is 37.8 Å². The first-order valence-electron chi connectivity index (χ1n) is 7.66. The summed E-state index contributed by atoms with van der Waals surface area (Å²) in [5.74, 6) is 0.914. The molecule has 3 nitrogen and oxygen atoms in total. The van der Waals surface area contributed by atoms with Crippen LogP contribution >= 0.6 is 0 Å². The van der Waals surface area contributed by atoms with Crippen LogP contribution in [0.15, 0.2) is 18.2 Å². The summed E-state index contributed by atoms with van der Waals surface area (Å²) in [5.41, 5.74) is 2.35. The summed E-state index contributed by atoms with van der Waals surface area (Å²) in [6.07, 6.45) is 3.58. The Kier molecular flexibility index (Phi) is 3.51. The van der Waals surface area contributed by atoms with Crippen LogP contribution in [0.3, 0.4) is 0 Å². The molecule has 1 atom stereocenters. The predicted molar refractivity (Wildman–Crippen MR) is 79.8 cm³/mol. The van der Waals surface area contributed by atoms with Crippen molar-refractivity contribution in [3.05, 3.63) is 29.3 Å². The highest BCUT2D eigenvalue weighted by Crippen LogP contribution is 2.34. The molecule has 0 radical (unpaired) electrons. The molecule has 0 spiro atoms. The number of aliphatic hydroxyl groups is 1. The molecule has 3 heteroatoms. The molecule has 1 aliphatic heterocycles. The Bertz CT molecular complexity index is 488. The van der Waals surface area contributed by atoms with Gasteiger partial charge in [-0.1, -0.05) is 6.07 Å². The largest absolute Gasteiger partial charge is 0.490 e. The molecule has 0 aromatic heterocycles. The van der Waals surface area contributed by atoms with Crippen molar-refractivity contribution < 1.29 is 9.84 Å². The maximum atomic E-state index is 10.4. The van der Waals surface area contributed by atoms with Gasteiger partial charge in [-0.3, -0.25) is 4.90 Å². The van der Waals surface area contributed by atoms with E-state index in [0.29, 0.717) is 12.6 Å². The van der Waals surface area contributed by atoms with E-state index >= 15 is 0 Å². The zero-order valence-electron chi connectivity index (χ0n) is 12.7. The fraction of sp³-hybridized carbons (Fsp3) is 0.647. The van der Waals surface area contributed by atoms with Gasteiger partial charge < -0.3 is 9.84 Å². The van der Waals surface area contributed by atoms with E-state index in [0.717, 1.165) is 30.7 Å². The van der Waals surface area contributed by atoms with E-state index in [4.69, 9.17) is 4.74 Å². The molecule has 1 aromatic rings. The second kappa shape index (κ2) is 5.05. The van der Waals surface area contributed by atoms with Gasteiger partial charge in [0, 0.05) is 18.6 Å². The van der Waals surface area contributed by atoms with Crippen LogP contribution in [0.2, 0.25) is 0 Å². The zero-order valence-corrected chi connectivity index (χ0v) is 12.7. The lowest BCUT2D eigenvalue weighted by Gasteiger charge is -2.41. The van der Waals surface area contributed by atoms with Crippen LogP contribution in [0.5, 0.6) is 5.75 Å². The number of hydrogen-bond donors (Lipinski definition) is 1. The molecule has 1 fully saturated rings. The van der Waals surface area contributed by atoms with E-state index in [9.17, 15) is 5.11 Å². The number of aliphatic hydroxyl groups excluding tert-OH is 1. The molecule has 1 N–H and O–H groups in total. The van der Waals surface area contributed by atoms with Gasteiger partial charge in [0.1, 0.15) is 5.75 Å². The van der Waals surface area contributed by atoms with Gasteiger partial charge in [-0.25, -0.2) is 0 Å². The number of benzene rings is 1. The van der Waals surface area contributed by atoms with Gasteiger partial charge in [0.25, 0.3) is 0 Å². The lowest BCUT2D eigenvalue weighted by molar-refractivity contribution is 0.0369. The van der Waals surface area contributed by atoms with Crippen LogP contribution in [0.4, 0.5) is 0 Å². The van der Waals surface area contributed by atoms with Gasteiger partial charge in [-0.2, -0.15) is 0 Å². The average Bonchev–Trinajstić information content (AvgIpc) is 2.33. The molecule has 1 unspecified atom stereocenters. The normalized spacial score (nSPS) is 24.1. The molecule has 1 heterocycles. The molecule has 0 amide bonds. The quantitative estimate of drug-likeness (QED) is 0.899. The molecule has 1 saturated carbocycles. The Balaban J connectivity index is 1.79. The highest BCUT2D eigenvalue weighted by Gasteiger charge is 2.31. The number of β-amino-alcohol motifs (C(OH)–C–C–N with tert-alkyl or cyclic N) is 1. The molecule has 110 valence electrons. The molecule has 0 saturated heterocycles. The van der Waals surface area contributed by atoms with E-state index in [1.165, 1.54) is 12.0 Å². The minimum Gasteiger partial charge on any atom is -0.490 e. The Morgan fingerprint density at radius 3 is 2.60 bits per heavy atom. The van der Waals surface area contributed by atoms with Crippen molar-refractivity contribution in [1.29, 1.82) is 0 Å². The number of fused-ring (bicyclic) bond motifs is 1. The van der Waals surface area contributed by atoms with Crippen molar-refractivity contribution in [3.63, 3.8) is 0 Å². The fourth-order valence-electron chi connectivity index (χ4n) is 2.87. The summed E-state index contributed by atoms with van der Waals surface area (Å²) < 4.78 is 5.93. The Hall–Kier alpha value is -1.06. The van der Waals surface area contributed by atoms with Crippen LogP contribution in [0.1, 0.15) is 57.3 Å². The molecular weight excluding hydrogens is 250 g/mol. The van der Waals surface area contributed by atoms with E-state index in [1.54, 1.807) is 0 Å². The van der Waals surface area contributed by atoms with Gasteiger partial charge in [0.2, 0.25) is 0 Å². The van der Waals surface area contributed by atoms with E-state index < -0.39 is 6.10 Å². The molecule has 3 rings (SSSR count). The summed E-state index contributed by atoms with van der Waals surface area (Å²) in [4.78, 5) is 2.33. The maximum absolute atomic E-state index is 10.4. The van der Waals surface area contributed by atoms with Crippen LogP contribution < -0.4 is 4.74 Å². The summed E-state index contributed by atoms with van der Waals surface area (Å²) in [5, 5.41) is 10.4. The highest BCUT2D eigenvalue weighted by atomic mass is 16.5. The number of ether oxygens (including phenoxy) is 1. The molecule has 20 heavy (non-hydrogen) atoms. The SMILES string of the molecule is CC(C)(C)N1Cc2ccc(OC3CCC3)cc2C(O)C1. The molecule has 2 aliphatic rings. The third-order valence-corrected chi connectivity index (χ3v) is 4.53. The lowest BCUT2D eigenvalue weighted by Crippen LogP contribution is -2.45. The van der Waals surface area contributed by atoms with Gasteiger partial charge in [-0.15, -0.1) is 0 Å². The second-order valence-corrected chi connectivity index (χ2v) is 7.10. The zero-order chi connectivity index (χ0) is 14.3. The van der Waals surface area contributed by atoms with Crippen molar-refractivity contribution >= 4 is 0 Å². The van der Waals surface area contributed by atoms with Gasteiger partial charge in [0.05, 0.1) is 12.2 Å². The second-order valence-electron chi connectivity index (χ2n) is 7.10. The molecule has 1 aliphatic carbocycles. The third-order valence-electron chi connectivity index (χ3n) is 4.53. The Morgan fingerprint density at radius 1 is 1.25 bits per heavy atom. The van der Waals surface area contributed by atoms with Gasteiger partial charge >= 0.3 is 0 Å². The first-order chi connectivity index (χ1) is 9.43. The van der Waals surface area contributed by atoms with Crippen LogP contribution in [0, 0.1) is 0 Å². The van der Waals surface area contributed by atoms with Crippen molar-refractivity contribution in [2.75, 3.05) is 6.54 Å². The molecule has 0 bridgehead atoms. The highest BCUT2D eigenvalue weighted by molar-refractivity contribution is 5.39. The summed E-state index contributed by atoms with van der Waals surface area (Å²) in [6.45, 7) is 8.18. The minimum atomic E-state index is -0.414. The van der Waals surface area contributed by atoms with Crippen LogP contribution in [-0.2, 0) is 6.54 Å². The van der Waals surface area contributed by atoms with Crippen molar-refractivity contribution in [1.82, 2.24) is 4.90 Å². The molecule has 1 aromatic carbocycles. The predicted octanol–water partition coefficient (Wildman–Crippen LogP) is 3.27. The maximum Gasteiger partial charge on any atom is 0.120 e. The first-order valence-corrected chi connectivity index (χ1v) is 7.66. The standard InChI is InChI=1S/C17H25NO2/c1-17(2,3)18-10-12-7-8-14(20-13-5-4-6-13)9-15(12)16(19)11-18/h7-9,13,16,19H,4-6,10-11H2,1-3H3. The van der Waals surface area contributed by atoms with Gasteiger partial charge in [0.15, 0.2) is 0 Å². The topological polar surface area (TPSA) is 32.7 Å². The molecular formula is C17H25NO2. The number of nitrogens with zero attached hydrogens (tertiary/aromatic N) is 1. The summed E-state index contributed by atoms with van der Waals surface area (Å²) in [6, 6.07) is 6.21. The van der Waals surface area contributed by atoms with Crippen molar-refractivity contribution in [3.8, 4) is 5.75 Å². The fourth-order valence-corrected chi connectivity index (χ4v) is 2.87. The smallest absolute Gasteiger partial charge is 0.120 e. The first kappa shape index (κ1) is 13.9. The Labute approximate surface area is 121 Å². The number of rotatable bonds is 2. The Morgan fingerprint density at radius 2 is 2.00 bits per heavy atom. The van der Waals surface area contributed by atoms with Crippen molar-refractivity contribution in [2.45, 2.75) is 64.3 Å². The minimum absolute atomic E-state index is 0.0831. The summed E-state index contributed by atoms with van der Waals surface area (Å²) >= 11 is 0. The van der Waals surface area contributed by atoms with Gasteiger partial charge in [-0.05, 0) is 63.3 Å². The van der Waals surface area contributed by atoms with E-state index in [-0.39, 0.29) is 5.54 Å². The monoisotopic (exact) mass is 275 g/mol. The average molecular weight is 275 g/mol. The lowest BCUT2D eigenvalue weighted by atomic mass is 9.92. The van der Waals surface area contributed by atoms with E-state index in [1.807, 2.05) is 6.07 Å². The summed E-state index contributed by atoms with van der Waals surface area (Å²) in [7, 11) is 0.